The van der Waals surface area contributed by atoms with E-state index in [4.69, 9.17) is 0 Å². The number of carbonyl (C=O) groups is 1. The molecule has 0 radical (unpaired) electrons. The Morgan fingerprint density at radius 3 is 2.33 bits per heavy atom. The van der Waals surface area contributed by atoms with Gasteiger partial charge in [0.05, 0.1) is 4.92 Å². The number of hydrogen-bond donors (Lipinski definition) is 1. The number of nitrogens with one attached hydrogen (secondary N) is 1. The number of nitro benzene ring substituents is 1. The minimum Gasteiger partial charge on any atom is -0.267 e. The van der Waals surface area contributed by atoms with Crippen molar-refractivity contribution in [3.63, 3.8) is 0 Å². The van der Waals surface area contributed by atoms with Crippen LogP contribution in [0.3, 0.4) is 0 Å². The third kappa shape index (κ3) is 3.65. The molecule has 1 aromatic rings. The first-order valence-corrected chi connectivity index (χ1v) is 7.11. The lowest BCUT2D eigenvalue weighted by atomic mass is 9.81. The molecular formula is C15H19N3O3. The molecule has 6 nitrogen and oxygen atoms in total. The summed E-state index contributed by atoms with van der Waals surface area (Å²) in [6, 6.07) is 5.49. The van der Waals surface area contributed by atoms with Crippen LogP contribution in [0.15, 0.2) is 29.4 Å². The zero-order chi connectivity index (χ0) is 15.4. The van der Waals surface area contributed by atoms with Crippen LogP contribution in [0.4, 0.5) is 5.69 Å². The normalized spacial score (nSPS) is 21.7. The molecule has 0 aliphatic heterocycles. The summed E-state index contributed by atoms with van der Waals surface area (Å²) in [5, 5.41) is 14.8. The average molecular weight is 289 g/mol. The van der Waals surface area contributed by atoms with E-state index in [0.29, 0.717) is 17.4 Å². The number of nitro groups is 1. The van der Waals surface area contributed by atoms with Crippen molar-refractivity contribution in [1.82, 2.24) is 5.43 Å². The van der Waals surface area contributed by atoms with E-state index < -0.39 is 4.92 Å². The predicted molar refractivity (Wildman–Crippen MR) is 80.2 cm³/mol. The molecule has 1 aliphatic rings. The van der Waals surface area contributed by atoms with E-state index in [1.807, 2.05) is 0 Å². The van der Waals surface area contributed by atoms with Gasteiger partial charge in [-0.1, -0.05) is 20.3 Å². The van der Waals surface area contributed by atoms with E-state index in [9.17, 15) is 14.9 Å². The fourth-order valence-electron chi connectivity index (χ4n) is 2.65. The van der Waals surface area contributed by atoms with Gasteiger partial charge in [-0.25, -0.2) is 5.43 Å². The van der Waals surface area contributed by atoms with Crippen LogP contribution in [-0.4, -0.2) is 16.5 Å². The molecule has 21 heavy (non-hydrogen) atoms. The number of rotatable bonds is 3. The first-order valence-electron chi connectivity index (χ1n) is 7.11. The molecule has 1 amide bonds. The Morgan fingerprint density at radius 1 is 1.24 bits per heavy atom. The van der Waals surface area contributed by atoms with Crippen molar-refractivity contribution in [2.45, 2.75) is 33.1 Å². The molecule has 1 aromatic carbocycles. The van der Waals surface area contributed by atoms with Crippen molar-refractivity contribution < 1.29 is 9.72 Å². The van der Waals surface area contributed by atoms with Gasteiger partial charge in [0.15, 0.2) is 0 Å². The molecule has 0 heterocycles. The van der Waals surface area contributed by atoms with Crippen LogP contribution in [0.2, 0.25) is 0 Å². The van der Waals surface area contributed by atoms with Crippen LogP contribution >= 0.6 is 0 Å². The molecule has 2 rings (SSSR count). The van der Waals surface area contributed by atoms with Gasteiger partial charge in [0.25, 0.3) is 11.6 Å². The maximum absolute atomic E-state index is 12.0. The molecule has 1 aliphatic carbocycles. The highest BCUT2D eigenvalue weighted by Gasteiger charge is 2.23. The first-order chi connectivity index (χ1) is 9.99. The Balaban J connectivity index is 2.05. The maximum atomic E-state index is 12.0. The van der Waals surface area contributed by atoms with E-state index in [0.717, 1.165) is 18.6 Å². The second kappa shape index (κ2) is 6.47. The lowest BCUT2D eigenvalue weighted by molar-refractivity contribution is -0.384. The molecule has 1 saturated carbocycles. The standard InChI is InChI=1S/C15H19N3O3/c1-10-4-3-5-11(2)14(10)16-17-15(19)12-6-8-13(9-7-12)18(20)21/h6-11H,3-5H2,1-2H3,(H,17,19)/t10-,11-/m1/s1. The zero-order valence-electron chi connectivity index (χ0n) is 12.2. The highest BCUT2D eigenvalue weighted by molar-refractivity contribution is 5.96. The van der Waals surface area contributed by atoms with Gasteiger partial charge in [-0.2, -0.15) is 5.10 Å². The smallest absolute Gasteiger partial charge is 0.267 e. The molecule has 6 heteroatoms. The Hall–Kier alpha value is -2.24. The number of hydrogen-bond acceptors (Lipinski definition) is 4. The quantitative estimate of drug-likeness (QED) is 0.685. The van der Waals surface area contributed by atoms with Gasteiger partial charge in [-0.3, -0.25) is 14.9 Å². The van der Waals surface area contributed by atoms with Gasteiger partial charge in [0.2, 0.25) is 0 Å². The first kappa shape index (κ1) is 15.2. The van der Waals surface area contributed by atoms with Crippen molar-refractivity contribution >= 4 is 17.3 Å². The summed E-state index contributed by atoms with van der Waals surface area (Å²) in [5.74, 6) is 0.416. The fourth-order valence-corrected chi connectivity index (χ4v) is 2.65. The molecule has 0 saturated heterocycles. The number of non-ortho nitro benzene ring substituents is 1. The molecule has 0 bridgehead atoms. The van der Waals surface area contributed by atoms with Crippen LogP contribution in [0.25, 0.3) is 0 Å². The largest absolute Gasteiger partial charge is 0.271 e. The summed E-state index contributed by atoms with van der Waals surface area (Å²) in [4.78, 5) is 22.1. The molecule has 0 spiro atoms. The van der Waals surface area contributed by atoms with E-state index in [2.05, 4.69) is 24.4 Å². The zero-order valence-corrected chi connectivity index (χ0v) is 12.2. The lowest BCUT2D eigenvalue weighted by Crippen LogP contribution is -2.29. The second-order valence-corrected chi connectivity index (χ2v) is 5.51. The summed E-state index contributed by atoms with van der Waals surface area (Å²) in [5.41, 5.74) is 3.91. The lowest BCUT2D eigenvalue weighted by Gasteiger charge is -2.26. The van der Waals surface area contributed by atoms with Crippen molar-refractivity contribution in [3.05, 3.63) is 39.9 Å². The van der Waals surface area contributed by atoms with Gasteiger partial charge < -0.3 is 0 Å². The number of benzene rings is 1. The molecule has 2 atom stereocenters. The fraction of sp³-hybridized carbons (Fsp3) is 0.467. The molecule has 0 aromatic heterocycles. The van der Waals surface area contributed by atoms with Crippen LogP contribution in [0.5, 0.6) is 0 Å². The molecular weight excluding hydrogens is 270 g/mol. The van der Waals surface area contributed by atoms with Crippen LogP contribution in [0, 0.1) is 22.0 Å². The predicted octanol–water partition coefficient (Wildman–Crippen LogP) is 3.14. The van der Waals surface area contributed by atoms with Gasteiger partial charge in [0.1, 0.15) is 0 Å². The van der Waals surface area contributed by atoms with E-state index >= 15 is 0 Å². The highest BCUT2D eigenvalue weighted by Crippen LogP contribution is 2.25. The van der Waals surface area contributed by atoms with E-state index in [1.54, 1.807) is 0 Å². The summed E-state index contributed by atoms with van der Waals surface area (Å²) in [6.07, 6.45) is 3.38. The minimum absolute atomic E-state index is 0.0348. The third-order valence-corrected chi connectivity index (χ3v) is 3.91. The van der Waals surface area contributed by atoms with Crippen molar-refractivity contribution in [1.29, 1.82) is 0 Å². The molecule has 1 fully saturated rings. The number of carbonyl (C=O) groups excluding carboxylic acids is 1. The van der Waals surface area contributed by atoms with Crippen molar-refractivity contribution in [2.75, 3.05) is 0 Å². The average Bonchev–Trinajstić information content (AvgIpc) is 2.46. The Morgan fingerprint density at radius 2 is 1.81 bits per heavy atom. The topological polar surface area (TPSA) is 84.6 Å². The van der Waals surface area contributed by atoms with E-state index in [-0.39, 0.29) is 11.6 Å². The summed E-state index contributed by atoms with van der Waals surface area (Å²) < 4.78 is 0. The number of nitrogens with zero attached hydrogens (tertiary/aromatic N) is 2. The SMILES string of the molecule is C[C@@H]1CCC[C@@H](C)C1=NNC(=O)c1ccc([N+](=O)[O-])cc1. The number of hydrazone groups is 1. The minimum atomic E-state index is -0.493. The summed E-state index contributed by atoms with van der Waals surface area (Å²) in [6.45, 7) is 4.24. The maximum Gasteiger partial charge on any atom is 0.271 e. The molecule has 1 N–H and O–H groups in total. The molecule has 0 unspecified atom stereocenters. The Bertz CT molecular complexity index is 554. The van der Waals surface area contributed by atoms with Gasteiger partial charge in [0, 0.05) is 23.4 Å². The Kier molecular flexibility index (Phi) is 4.67. The van der Waals surface area contributed by atoms with Crippen LogP contribution in [-0.2, 0) is 0 Å². The number of amides is 1. The van der Waals surface area contributed by atoms with E-state index in [1.165, 1.54) is 30.7 Å². The molecule has 112 valence electrons. The summed E-state index contributed by atoms with van der Waals surface area (Å²) in [7, 11) is 0. The summed E-state index contributed by atoms with van der Waals surface area (Å²) >= 11 is 0. The van der Waals surface area contributed by atoms with Crippen molar-refractivity contribution in [2.24, 2.45) is 16.9 Å². The highest BCUT2D eigenvalue weighted by atomic mass is 16.6. The Labute approximate surface area is 123 Å². The van der Waals surface area contributed by atoms with Crippen molar-refractivity contribution in [3.8, 4) is 0 Å². The second-order valence-electron chi connectivity index (χ2n) is 5.51. The third-order valence-electron chi connectivity index (χ3n) is 3.91. The van der Waals surface area contributed by atoms with Crippen LogP contribution in [0.1, 0.15) is 43.5 Å². The monoisotopic (exact) mass is 289 g/mol. The van der Waals surface area contributed by atoms with Gasteiger partial charge in [-0.05, 0) is 36.8 Å². The van der Waals surface area contributed by atoms with Gasteiger partial charge >= 0.3 is 0 Å². The van der Waals surface area contributed by atoms with Gasteiger partial charge in [-0.15, -0.1) is 0 Å². The van der Waals surface area contributed by atoms with Crippen LogP contribution < -0.4 is 5.43 Å².